The van der Waals surface area contributed by atoms with Crippen LogP contribution in [0.2, 0.25) is 0 Å². The number of methoxy groups -OCH3 is 1. The quantitative estimate of drug-likeness (QED) is 0.698. The Balaban J connectivity index is 2.28. The molecule has 0 fully saturated rings. The molecule has 4 heteroatoms. The lowest BCUT2D eigenvalue weighted by Gasteiger charge is -2.16. The summed E-state index contributed by atoms with van der Waals surface area (Å²) in [6, 6.07) is 8.30. The third-order valence-corrected chi connectivity index (χ3v) is 3.46. The number of nitrogens with one attached hydrogen (secondary N) is 1. The molecule has 0 amide bonds. The Hall–Kier alpha value is -0.870. The zero-order valence-corrected chi connectivity index (χ0v) is 12.3. The van der Waals surface area contributed by atoms with Gasteiger partial charge in [0.2, 0.25) is 0 Å². The zero-order valence-electron chi connectivity index (χ0n) is 11.4. The number of hydrogen-bond donors (Lipinski definition) is 1. The molecule has 0 bridgehead atoms. The van der Waals surface area contributed by atoms with Crippen LogP contribution >= 0.6 is 11.8 Å². The lowest BCUT2D eigenvalue weighted by Crippen LogP contribution is -2.33. The molecule has 0 saturated carbocycles. The van der Waals surface area contributed by atoms with E-state index in [4.69, 9.17) is 9.47 Å². The second-order valence-corrected chi connectivity index (χ2v) is 4.92. The molecule has 1 unspecified atom stereocenters. The predicted molar refractivity (Wildman–Crippen MR) is 79.0 cm³/mol. The van der Waals surface area contributed by atoms with Gasteiger partial charge in [0.25, 0.3) is 0 Å². The van der Waals surface area contributed by atoms with E-state index in [9.17, 15) is 0 Å². The Bertz CT molecular complexity index is 333. The first-order chi connectivity index (χ1) is 8.81. The Morgan fingerprint density at radius 3 is 2.61 bits per heavy atom. The molecule has 1 rings (SSSR count). The maximum Gasteiger partial charge on any atom is 0.161 e. The minimum Gasteiger partial charge on any atom is -0.493 e. The average molecular weight is 269 g/mol. The lowest BCUT2D eigenvalue weighted by atomic mass is 10.2. The second kappa shape index (κ2) is 9.11. The standard InChI is InChI=1S/C14H23NO2S/c1-4-12(11-18-3)15-9-10-17-14-8-6-5-7-13(14)16-2/h5-8,12,15H,4,9-11H2,1-3H3. The molecule has 0 aliphatic heterocycles. The Morgan fingerprint density at radius 2 is 2.00 bits per heavy atom. The maximum atomic E-state index is 5.71. The summed E-state index contributed by atoms with van der Waals surface area (Å²) < 4.78 is 10.9. The van der Waals surface area contributed by atoms with Gasteiger partial charge in [0, 0.05) is 18.3 Å². The number of thioether (sulfide) groups is 1. The van der Waals surface area contributed by atoms with E-state index in [2.05, 4.69) is 18.5 Å². The molecule has 0 aromatic heterocycles. The average Bonchev–Trinajstić information content (AvgIpc) is 2.42. The van der Waals surface area contributed by atoms with E-state index in [-0.39, 0.29) is 0 Å². The number of benzene rings is 1. The summed E-state index contributed by atoms with van der Waals surface area (Å²) in [6.07, 6.45) is 3.28. The van der Waals surface area contributed by atoms with Gasteiger partial charge in [0.05, 0.1) is 7.11 Å². The highest BCUT2D eigenvalue weighted by atomic mass is 32.2. The molecule has 102 valence electrons. The fraction of sp³-hybridized carbons (Fsp3) is 0.571. The minimum absolute atomic E-state index is 0.571. The summed E-state index contributed by atoms with van der Waals surface area (Å²) in [5.41, 5.74) is 0. The van der Waals surface area contributed by atoms with Crippen LogP contribution in [0.25, 0.3) is 0 Å². The van der Waals surface area contributed by atoms with Crippen LogP contribution in [0, 0.1) is 0 Å². The highest BCUT2D eigenvalue weighted by Gasteiger charge is 2.05. The van der Waals surface area contributed by atoms with E-state index < -0.39 is 0 Å². The van der Waals surface area contributed by atoms with Crippen molar-refractivity contribution in [3.63, 3.8) is 0 Å². The van der Waals surface area contributed by atoms with E-state index in [1.54, 1.807) is 7.11 Å². The summed E-state index contributed by atoms with van der Waals surface area (Å²) in [5, 5.41) is 3.49. The van der Waals surface area contributed by atoms with E-state index in [0.29, 0.717) is 12.6 Å². The number of para-hydroxylation sites is 2. The van der Waals surface area contributed by atoms with Crippen LogP contribution in [0.3, 0.4) is 0 Å². The van der Waals surface area contributed by atoms with Crippen molar-refractivity contribution < 1.29 is 9.47 Å². The molecule has 0 aliphatic rings. The summed E-state index contributed by atoms with van der Waals surface area (Å²) in [6.45, 7) is 3.72. The fourth-order valence-corrected chi connectivity index (χ4v) is 2.44. The van der Waals surface area contributed by atoms with E-state index in [0.717, 1.165) is 30.2 Å². The van der Waals surface area contributed by atoms with Gasteiger partial charge in [0.1, 0.15) is 6.61 Å². The third-order valence-electron chi connectivity index (χ3n) is 2.72. The van der Waals surface area contributed by atoms with Crippen LogP contribution in [0.1, 0.15) is 13.3 Å². The first-order valence-electron chi connectivity index (χ1n) is 6.30. The van der Waals surface area contributed by atoms with Crippen LogP contribution in [0.15, 0.2) is 24.3 Å². The Morgan fingerprint density at radius 1 is 1.28 bits per heavy atom. The minimum atomic E-state index is 0.571. The topological polar surface area (TPSA) is 30.5 Å². The van der Waals surface area contributed by atoms with Crippen molar-refractivity contribution in [2.45, 2.75) is 19.4 Å². The first kappa shape index (κ1) is 15.2. The van der Waals surface area contributed by atoms with Crippen molar-refractivity contribution in [2.24, 2.45) is 0 Å². The van der Waals surface area contributed by atoms with Crippen molar-refractivity contribution in [1.82, 2.24) is 5.32 Å². The van der Waals surface area contributed by atoms with Gasteiger partial charge >= 0.3 is 0 Å². The predicted octanol–water partition coefficient (Wildman–Crippen LogP) is 2.81. The van der Waals surface area contributed by atoms with Crippen molar-refractivity contribution >= 4 is 11.8 Å². The molecule has 0 radical (unpaired) electrons. The van der Waals surface area contributed by atoms with Crippen LogP contribution < -0.4 is 14.8 Å². The molecular formula is C14H23NO2S. The van der Waals surface area contributed by atoms with Gasteiger partial charge in [-0.05, 0) is 24.8 Å². The molecule has 1 aromatic rings. The van der Waals surface area contributed by atoms with Crippen LogP contribution in [-0.2, 0) is 0 Å². The number of ether oxygens (including phenoxy) is 2. The van der Waals surface area contributed by atoms with E-state index in [1.165, 1.54) is 0 Å². The molecule has 0 spiro atoms. The second-order valence-electron chi connectivity index (χ2n) is 4.01. The van der Waals surface area contributed by atoms with Crippen LogP contribution in [-0.4, -0.2) is 38.3 Å². The largest absolute Gasteiger partial charge is 0.493 e. The monoisotopic (exact) mass is 269 g/mol. The van der Waals surface area contributed by atoms with Crippen molar-refractivity contribution in [3.05, 3.63) is 24.3 Å². The van der Waals surface area contributed by atoms with E-state index >= 15 is 0 Å². The fourth-order valence-electron chi connectivity index (χ4n) is 1.68. The maximum absolute atomic E-state index is 5.71. The van der Waals surface area contributed by atoms with Gasteiger partial charge in [-0.2, -0.15) is 11.8 Å². The van der Waals surface area contributed by atoms with Gasteiger partial charge in [-0.3, -0.25) is 0 Å². The summed E-state index contributed by atoms with van der Waals surface area (Å²) >= 11 is 1.87. The van der Waals surface area contributed by atoms with Gasteiger partial charge in [-0.25, -0.2) is 0 Å². The van der Waals surface area contributed by atoms with Crippen molar-refractivity contribution in [3.8, 4) is 11.5 Å². The molecule has 0 saturated heterocycles. The van der Waals surface area contributed by atoms with Gasteiger partial charge in [-0.15, -0.1) is 0 Å². The highest BCUT2D eigenvalue weighted by Crippen LogP contribution is 2.25. The summed E-state index contributed by atoms with van der Waals surface area (Å²) in [7, 11) is 1.66. The molecule has 3 nitrogen and oxygen atoms in total. The SMILES string of the molecule is CCC(CSC)NCCOc1ccccc1OC. The Kier molecular flexibility index (Phi) is 7.69. The smallest absolute Gasteiger partial charge is 0.161 e. The van der Waals surface area contributed by atoms with Crippen molar-refractivity contribution in [2.75, 3.05) is 32.3 Å². The highest BCUT2D eigenvalue weighted by molar-refractivity contribution is 7.98. The lowest BCUT2D eigenvalue weighted by molar-refractivity contribution is 0.287. The molecular weight excluding hydrogens is 246 g/mol. The summed E-state index contributed by atoms with van der Waals surface area (Å²) in [5.74, 6) is 2.74. The van der Waals surface area contributed by atoms with E-state index in [1.807, 2.05) is 36.0 Å². The molecule has 1 atom stereocenters. The third kappa shape index (κ3) is 5.19. The van der Waals surface area contributed by atoms with Crippen LogP contribution in [0.4, 0.5) is 0 Å². The van der Waals surface area contributed by atoms with Gasteiger partial charge < -0.3 is 14.8 Å². The van der Waals surface area contributed by atoms with Gasteiger partial charge in [0.15, 0.2) is 11.5 Å². The normalized spacial score (nSPS) is 12.2. The summed E-state index contributed by atoms with van der Waals surface area (Å²) in [4.78, 5) is 0. The molecule has 1 aromatic carbocycles. The van der Waals surface area contributed by atoms with Crippen molar-refractivity contribution in [1.29, 1.82) is 0 Å². The zero-order chi connectivity index (χ0) is 13.2. The number of rotatable bonds is 9. The molecule has 0 heterocycles. The molecule has 0 aliphatic carbocycles. The van der Waals surface area contributed by atoms with Crippen LogP contribution in [0.5, 0.6) is 11.5 Å². The molecule has 18 heavy (non-hydrogen) atoms. The van der Waals surface area contributed by atoms with Gasteiger partial charge in [-0.1, -0.05) is 19.1 Å². The number of hydrogen-bond acceptors (Lipinski definition) is 4. The Labute approximate surface area is 114 Å². The first-order valence-corrected chi connectivity index (χ1v) is 7.69. The molecule has 1 N–H and O–H groups in total.